The van der Waals surface area contributed by atoms with Gasteiger partial charge in [-0.15, -0.1) is 0 Å². The minimum Gasteiger partial charge on any atom is -0.280 e. The molecular formula is C15H20O2S. The largest absolute Gasteiger partial charge is 0.280 e. The van der Waals surface area contributed by atoms with E-state index in [0.717, 1.165) is 17.2 Å². The van der Waals surface area contributed by atoms with Crippen LogP contribution in [0.2, 0.25) is 0 Å². The third kappa shape index (κ3) is 2.14. The average Bonchev–Trinajstić information content (AvgIpc) is 2.27. The zero-order valence-corrected chi connectivity index (χ0v) is 11.8. The van der Waals surface area contributed by atoms with Crippen LogP contribution in [0.4, 0.5) is 0 Å². The van der Waals surface area contributed by atoms with Gasteiger partial charge in [0.2, 0.25) is 0 Å². The standard InChI is InChI=1S/C15H20O2S/c1-11-3-5-14(6-4-11)18(16)17-15(2)8-7-12-9-13(15)10-12/h3-6,12-13H,7-10H2,1-2H3/t12?,13?,15-,18?/m1/s1. The molecule has 0 heterocycles. The first-order valence-electron chi connectivity index (χ1n) is 6.75. The van der Waals surface area contributed by atoms with E-state index in [0.29, 0.717) is 5.92 Å². The maximum atomic E-state index is 12.3. The minimum absolute atomic E-state index is 0.176. The van der Waals surface area contributed by atoms with Crippen molar-refractivity contribution >= 4 is 11.1 Å². The van der Waals surface area contributed by atoms with Gasteiger partial charge in [-0.3, -0.25) is 4.18 Å². The average molecular weight is 264 g/mol. The van der Waals surface area contributed by atoms with Crippen LogP contribution >= 0.6 is 0 Å². The predicted molar refractivity (Wildman–Crippen MR) is 72.5 cm³/mol. The van der Waals surface area contributed by atoms with Crippen LogP contribution in [0.15, 0.2) is 29.2 Å². The smallest absolute Gasteiger partial charge is 0.189 e. The lowest BCUT2D eigenvalue weighted by Crippen LogP contribution is -2.50. The van der Waals surface area contributed by atoms with E-state index in [2.05, 4.69) is 6.92 Å². The Bertz CT molecular complexity index is 459. The van der Waals surface area contributed by atoms with E-state index in [4.69, 9.17) is 4.18 Å². The van der Waals surface area contributed by atoms with Crippen LogP contribution < -0.4 is 0 Å². The first-order valence-corrected chi connectivity index (χ1v) is 7.82. The Morgan fingerprint density at radius 2 is 1.94 bits per heavy atom. The summed E-state index contributed by atoms with van der Waals surface area (Å²) in [6.07, 6.45) is 4.82. The van der Waals surface area contributed by atoms with Gasteiger partial charge >= 0.3 is 0 Å². The second-order valence-electron chi connectivity index (χ2n) is 6.02. The van der Waals surface area contributed by atoms with Crippen molar-refractivity contribution in [1.82, 2.24) is 0 Å². The van der Waals surface area contributed by atoms with Crippen molar-refractivity contribution in [2.45, 2.75) is 50.0 Å². The Kier molecular flexibility index (Phi) is 3.07. The summed E-state index contributed by atoms with van der Waals surface area (Å²) >= 11 is -1.32. The Morgan fingerprint density at radius 3 is 2.50 bits per heavy atom. The second kappa shape index (κ2) is 4.46. The summed E-state index contributed by atoms with van der Waals surface area (Å²) in [5.41, 5.74) is 1.01. The van der Waals surface area contributed by atoms with E-state index in [9.17, 15) is 4.21 Å². The molecular weight excluding hydrogens is 244 g/mol. The Morgan fingerprint density at radius 1 is 1.28 bits per heavy atom. The summed E-state index contributed by atoms with van der Waals surface area (Å²) in [5.74, 6) is 1.53. The maximum Gasteiger partial charge on any atom is 0.189 e. The van der Waals surface area contributed by atoms with Gasteiger partial charge in [0, 0.05) is 0 Å². The monoisotopic (exact) mass is 264 g/mol. The highest BCUT2D eigenvalue weighted by Gasteiger charge is 2.49. The molecule has 98 valence electrons. The van der Waals surface area contributed by atoms with Crippen molar-refractivity contribution in [2.75, 3.05) is 0 Å². The zero-order chi connectivity index (χ0) is 12.8. The van der Waals surface area contributed by atoms with Gasteiger partial charge in [0.15, 0.2) is 11.1 Å². The minimum atomic E-state index is -1.32. The van der Waals surface area contributed by atoms with Crippen LogP contribution in [0.3, 0.4) is 0 Å². The molecule has 0 spiro atoms. The summed E-state index contributed by atoms with van der Waals surface area (Å²) in [4.78, 5) is 0.781. The fraction of sp³-hybridized carbons (Fsp3) is 0.600. The van der Waals surface area contributed by atoms with E-state index in [1.807, 2.05) is 31.2 Å². The quantitative estimate of drug-likeness (QED) is 0.833. The Hall–Kier alpha value is -0.670. The fourth-order valence-corrected chi connectivity index (χ4v) is 4.16. The summed E-state index contributed by atoms with van der Waals surface area (Å²) in [6, 6.07) is 7.78. The fourth-order valence-electron chi connectivity index (χ4n) is 3.14. The molecule has 0 amide bonds. The van der Waals surface area contributed by atoms with Crippen LogP contribution in [0.5, 0.6) is 0 Å². The van der Waals surface area contributed by atoms with Gasteiger partial charge in [-0.25, -0.2) is 4.21 Å². The van der Waals surface area contributed by atoms with Crippen LogP contribution in [0.1, 0.15) is 38.2 Å². The highest BCUT2D eigenvalue weighted by Crippen LogP contribution is 2.53. The molecule has 1 aromatic rings. The molecule has 2 atom stereocenters. The number of fused-ring (bicyclic) bond motifs is 2. The highest BCUT2D eigenvalue weighted by atomic mass is 32.2. The third-order valence-electron chi connectivity index (χ3n) is 4.63. The van der Waals surface area contributed by atoms with Gasteiger partial charge in [-0.1, -0.05) is 17.7 Å². The number of hydrogen-bond acceptors (Lipinski definition) is 2. The van der Waals surface area contributed by atoms with Crippen molar-refractivity contribution in [3.8, 4) is 0 Å². The SMILES string of the molecule is Cc1ccc(S(=O)O[C@]2(C)CCC3CC2C3)cc1. The molecule has 3 aliphatic rings. The van der Waals surface area contributed by atoms with Gasteiger partial charge in [0.25, 0.3) is 0 Å². The van der Waals surface area contributed by atoms with Crippen molar-refractivity contribution in [1.29, 1.82) is 0 Å². The predicted octanol–water partition coefficient (Wildman–Crippen LogP) is 3.61. The Labute approximate surface area is 111 Å². The van der Waals surface area contributed by atoms with Crippen molar-refractivity contribution < 1.29 is 8.39 Å². The molecule has 0 aromatic heterocycles. The molecule has 0 N–H and O–H groups in total. The van der Waals surface area contributed by atoms with Gasteiger partial charge in [0.05, 0.1) is 10.5 Å². The number of hydrogen-bond donors (Lipinski definition) is 0. The second-order valence-corrected chi connectivity index (χ2v) is 7.12. The lowest BCUT2D eigenvalue weighted by molar-refractivity contribution is -0.0805. The number of benzene rings is 1. The maximum absolute atomic E-state index is 12.3. The molecule has 2 bridgehead atoms. The molecule has 0 saturated heterocycles. The van der Waals surface area contributed by atoms with Crippen LogP contribution in [0, 0.1) is 18.8 Å². The van der Waals surface area contributed by atoms with Gasteiger partial charge < -0.3 is 0 Å². The molecule has 3 heteroatoms. The first-order chi connectivity index (χ1) is 8.57. The van der Waals surface area contributed by atoms with Crippen LogP contribution in [-0.4, -0.2) is 9.81 Å². The molecule has 3 aliphatic carbocycles. The zero-order valence-electron chi connectivity index (χ0n) is 11.0. The van der Waals surface area contributed by atoms with Crippen LogP contribution in [-0.2, 0) is 15.3 Å². The van der Waals surface area contributed by atoms with Gasteiger partial charge in [0.1, 0.15) is 0 Å². The molecule has 18 heavy (non-hydrogen) atoms. The molecule has 0 radical (unpaired) electrons. The number of aryl methyl sites for hydroxylation is 1. The van der Waals surface area contributed by atoms with Gasteiger partial charge in [-0.05, 0) is 63.5 Å². The van der Waals surface area contributed by atoms with Crippen molar-refractivity contribution in [3.05, 3.63) is 29.8 Å². The molecule has 0 aliphatic heterocycles. The van der Waals surface area contributed by atoms with E-state index < -0.39 is 11.1 Å². The lowest BCUT2D eigenvalue weighted by Gasteiger charge is -2.52. The molecule has 2 nitrogen and oxygen atoms in total. The van der Waals surface area contributed by atoms with Gasteiger partial charge in [-0.2, -0.15) is 0 Å². The van der Waals surface area contributed by atoms with Crippen molar-refractivity contribution in [2.24, 2.45) is 11.8 Å². The molecule has 4 rings (SSSR count). The molecule has 1 unspecified atom stereocenters. The Balaban J connectivity index is 1.72. The van der Waals surface area contributed by atoms with E-state index in [1.54, 1.807) is 0 Å². The first kappa shape index (κ1) is 12.4. The third-order valence-corrected chi connectivity index (χ3v) is 5.82. The normalized spacial score (nSPS) is 35.9. The summed E-state index contributed by atoms with van der Waals surface area (Å²) < 4.78 is 18.2. The molecule has 1 aromatic carbocycles. The van der Waals surface area contributed by atoms with Crippen LogP contribution in [0.25, 0.3) is 0 Å². The lowest BCUT2D eigenvalue weighted by atomic mass is 9.58. The van der Waals surface area contributed by atoms with E-state index >= 15 is 0 Å². The number of rotatable bonds is 3. The van der Waals surface area contributed by atoms with Crippen molar-refractivity contribution in [3.63, 3.8) is 0 Å². The van der Waals surface area contributed by atoms with E-state index in [1.165, 1.54) is 24.8 Å². The molecule has 3 saturated carbocycles. The van der Waals surface area contributed by atoms with E-state index in [-0.39, 0.29) is 5.60 Å². The molecule has 3 fully saturated rings. The summed E-state index contributed by atoms with van der Waals surface area (Å²) in [7, 11) is 0. The summed E-state index contributed by atoms with van der Waals surface area (Å²) in [5, 5.41) is 0. The topological polar surface area (TPSA) is 26.3 Å². The highest BCUT2D eigenvalue weighted by molar-refractivity contribution is 7.80. The summed E-state index contributed by atoms with van der Waals surface area (Å²) in [6.45, 7) is 4.17.